The molecule has 0 aromatic heterocycles. The van der Waals surface area contributed by atoms with Crippen LogP contribution in [0, 0.1) is 5.41 Å². The van der Waals surface area contributed by atoms with Crippen molar-refractivity contribution in [1.29, 1.82) is 0 Å². The van der Waals surface area contributed by atoms with Crippen molar-refractivity contribution in [3.63, 3.8) is 0 Å². The van der Waals surface area contributed by atoms with Gasteiger partial charge in [-0.05, 0) is 0 Å². The predicted molar refractivity (Wildman–Crippen MR) is 134 cm³/mol. The van der Waals surface area contributed by atoms with Gasteiger partial charge in [0.05, 0.1) is 0 Å². The molecule has 0 saturated carbocycles. The first kappa shape index (κ1) is 21.2. The van der Waals surface area contributed by atoms with Crippen LogP contribution >= 0.6 is 0 Å². The van der Waals surface area contributed by atoms with Crippen LogP contribution in [0.5, 0.6) is 11.5 Å². The number of benzene rings is 3. The van der Waals surface area contributed by atoms with E-state index in [-0.39, 0.29) is 5.41 Å². The molecule has 2 nitrogen and oxygen atoms in total. The normalized spacial score (nSPS) is 18.1. The summed E-state index contributed by atoms with van der Waals surface area (Å²) in [6, 6.07) is 19.2. The van der Waals surface area contributed by atoms with Gasteiger partial charge in [-0.25, -0.2) is 0 Å². The molecule has 4 rings (SSSR count). The molecule has 156 valence electrons. The van der Waals surface area contributed by atoms with Crippen molar-refractivity contribution < 1.29 is 9.47 Å². The second kappa shape index (κ2) is 8.59. The molecule has 1 aliphatic rings. The number of rotatable bonds is 7. The quantitative estimate of drug-likeness (QED) is 0.422. The SMILES string of the molecule is C/C=B\C(=C/C)c1c(OC)ccc2c(C3=CC3(C)Cc3ccccc3)c(OC)ccc12. The summed E-state index contributed by atoms with van der Waals surface area (Å²) in [5, 5.41) is 2.37. The van der Waals surface area contributed by atoms with Gasteiger partial charge in [0.25, 0.3) is 0 Å². The number of ether oxygens (including phenoxy) is 2. The molecule has 0 heterocycles. The van der Waals surface area contributed by atoms with Crippen LogP contribution in [0.4, 0.5) is 0 Å². The van der Waals surface area contributed by atoms with Crippen molar-refractivity contribution in [2.75, 3.05) is 14.2 Å². The van der Waals surface area contributed by atoms with Crippen LogP contribution < -0.4 is 9.47 Å². The van der Waals surface area contributed by atoms with E-state index in [1.54, 1.807) is 14.2 Å². The van der Waals surface area contributed by atoms with Gasteiger partial charge in [0, 0.05) is 0 Å². The van der Waals surface area contributed by atoms with Gasteiger partial charge < -0.3 is 0 Å². The topological polar surface area (TPSA) is 18.5 Å². The van der Waals surface area contributed by atoms with E-state index in [1.807, 2.05) is 6.92 Å². The summed E-state index contributed by atoms with van der Waals surface area (Å²) in [6.07, 6.45) is 5.51. The summed E-state index contributed by atoms with van der Waals surface area (Å²) in [6.45, 7) is 8.56. The van der Waals surface area contributed by atoms with Gasteiger partial charge in [-0.2, -0.15) is 0 Å². The molecule has 0 radical (unpaired) electrons. The van der Waals surface area contributed by atoms with E-state index in [4.69, 9.17) is 9.47 Å². The van der Waals surface area contributed by atoms with Gasteiger partial charge in [-0.15, -0.1) is 0 Å². The molecule has 1 atom stereocenters. The molecule has 0 amide bonds. The summed E-state index contributed by atoms with van der Waals surface area (Å²) < 4.78 is 11.6. The molecule has 0 bridgehead atoms. The van der Waals surface area contributed by atoms with Gasteiger partial charge in [0.2, 0.25) is 0 Å². The molecule has 0 fully saturated rings. The zero-order valence-corrected chi connectivity index (χ0v) is 19.0. The maximum absolute atomic E-state index is 5.83. The van der Waals surface area contributed by atoms with E-state index in [0.29, 0.717) is 0 Å². The Balaban J connectivity index is 1.87. The minimum atomic E-state index is 0.0375. The van der Waals surface area contributed by atoms with Crippen LogP contribution in [0.3, 0.4) is 0 Å². The fourth-order valence-corrected chi connectivity index (χ4v) is 4.59. The van der Waals surface area contributed by atoms with Crippen LogP contribution in [0.1, 0.15) is 37.5 Å². The molecule has 0 saturated heterocycles. The Bertz CT molecular complexity index is 1200. The zero-order valence-electron chi connectivity index (χ0n) is 19.0. The summed E-state index contributed by atoms with van der Waals surface area (Å²) in [7, 11) is 3.49. The van der Waals surface area contributed by atoms with Gasteiger partial charge in [0.1, 0.15) is 0 Å². The standard InChI is InChI=1S/C28H29BO2/c1-6-23(29-7-2)27-21-14-15-24(30-4)26(20(21)13-16-25(27)31-5)22-18-28(22,3)17-19-11-9-8-10-12-19/h6-16,18H,17H2,1-5H3/b23-6-. The van der Waals surface area contributed by atoms with E-state index < -0.39 is 0 Å². The summed E-state index contributed by atoms with van der Waals surface area (Å²) in [4.78, 5) is 0. The third-order valence-corrected chi connectivity index (χ3v) is 6.19. The van der Waals surface area contributed by atoms with E-state index in [1.165, 1.54) is 27.5 Å². The summed E-state index contributed by atoms with van der Waals surface area (Å²) >= 11 is 0. The number of allylic oxidation sites excluding steroid dienone is 3. The minimum absolute atomic E-state index is 0.0375. The Morgan fingerprint density at radius 2 is 1.58 bits per heavy atom. The van der Waals surface area contributed by atoms with Crippen molar-refractivity contribution in [2.24, 2.45) is 5.41 Å². The molecule has 1 aliphatic carbocycles. The van der Waals surface area contributed by atoms with Crippen molar-refractivity contribution in [1.82, 2.24) is 0 Å². The Hall–Kier alpha value is -3.07. The second-order valence-electron chi connectivity index (χ2n) is 8.26. The zero-order chi connectivity index (χ0) is 22.0. The number of fused-ring (bicyclic) bond motifs is 1. The van der Waals surface area contributed by atoms with E-state index in [2.05, 4.69) is 93.5 Å². The molecular formula is C28H29BO2. The molecule has 3 aromatic carbocycles. The van der Waals surface area contributed by atoms with Crippen molar-refractivity contribution in [2.45, 2.75) is 27.2 Å². The average Bonchev–Trinajstić information content (AvgIpc) is 3.46. The second-order valence-corrected chi connectivity index (χ2v) is 8.26. The van der Waals surface area contributed by atoms with Gasteiger partial charge >= 0.3 is 186 Å². The van der Waals surface area contributed by atoms with Crippen molar-refractivity contribution in [3.05, 3.63) is 83.4 Å². The Labute approximate surface area is 186 Å². The van der Waals surface area contributed by atoms with Crippen LogP contribution in [0.25, 0.3) is 21.8 Å². The van der Waals surface area contributed by atoms with Crippen molar-refractivity contribution >= 4 is 34.7 Å². The Kier molecular flexibility index (Phi) is 5.87. The average molecular weight is 408 g/mol. The molecular weight excluding hydrogens is 379 g/mol. The molecule has 0 N–H and O–H groups in total. The molecule has 31 heavy (non-hydrogen) atoms. The first-order chi connectivity index (χ1) is 15.1. The van der Waals surface area contributed by atoms with Gasteiger partial charge in [-0.3, -0.25) is 0 Å². The number of methoxy groups -OCH3 is 2. The predicted octanol–water partition coefficient (Wildman–Crippen LogP) is 6.39. The number of hydrogen-bond donors (Lipinski definition) is 0. The number of hydrogen-bond acceptors (Lipinski definition) is 2. The van der Waals surface area contributed by atoms with E-state index in [9.17, 15) is 0 Å². The fourth-order valence-electron chi connectivity index (χ4n) is 4.59. The van der Waals surface area contributed by atoms with Crippen LogP contribution in [0.2, 0.25) is 0 Å². The first-order valence-corrected chi connectivity index (χ1v) is 10.8. The fraction of sp³-hybridized carbons (Fsp3) is 0.250. The molecule has 1 unspecified atom stereocenters. The van der Waals surface area contributed by atoms with Gasteiger partial charge in [0.15, 0.2) is 0 Å². The molecule has 3 aromatic rings. The van der Waals surface area contributed by atoms with Gasteiger partial charge in [-0.1, -0.05) is 0 Å². The van der Waals surface area contributed by atoms with Crippen LogP contribution in [0.15, 0.2) is 66.7 Å². The summed E-state index contributed by atoms with van der Waals surface area (Å²) in [5.74, 6) is 3.87. The van der Waals surface area contributed by atoms with E-state index >= 15 is 0 Å². The van der Waals surface area contributed by atoms with E-state index in [0.717, 1.165) is 29.0 Å². The molecule has 0 spiro atoms. The third kappa shape index (κ3) is 3.85. The molecule has 3 heteroatoms. The molecule has 0 aliphatic heterocycles. The van der Waals surface area contributed by atoms with Crippen LogP contribution in [-0.2, 0) is 6.42 Å². The Morgan fingerprint density at radius 1 is 0.903 bits per heavy atom. The first-order valence-electron chi connectivity index (χ1n) is 10.8. The third-order valence-electron chi connectivity index (χ3n) is 6.19. The summed E-state index contributed by atoms with van der Waals surface area (Å²) in [5.41, 5.74) is 6.20. The maximum atomic E-state index is 5.83. The van der Waals surface area contributed by atoms with Crippen LogP contribution in [-0.4, -0.2) is 27.1 Å². The monoisotopic (exact) mass is 408 g/mol. The van der Waals surface area contributed by atoms with Crippen molar-refractivity contribution in [3.8, 4) is 11.5 Å². The Morgan fingerprint density at radius 3 is 2.23 bits per heavy atom.